The molecule has 1 N–H and O–H groups in total. The van der Waals surface area contributed by atoms with Crippen molar-refractivity contribution in [2.45, 2.75) is 20.8 Å². The summed E-state index contributed by atoms with van der Waals surface area (Å²) in [6.07, 6.45) is 1.12. The number of hydrogen-bond acceptors (Lipinski definition) is 4. The van der Waals surface area contributed by atoms with Crippen LogP contribution in [0.4, 0.5) is 5.69 Å². The number of rotatable bonds is 7. The molecule has 0 fully saturated rings. The largest absolute Gasteiger partial charge is 0.353 e. The fraction of sp³-hybridized carbons (Fsp3) is 0.562. The van der Waals surface area contributed by atoms with Crippen LogP contribution in [0, 0.1) is 20.8 Å². The lowest BCUT2D eigenvalue weighted by atomic mass is 10.1. The van der Waals surface area contributed by atoms with Crippen LogP contribution in [-0.2, 0) is 14.8 Å². The minimum atomic E-state index is -3.55. The smallest absolute Gasteiger partial charge is 0.240 e. The van der Waals surface area contributed by atoms with E-state index in [4.69, 9.17) is 0 Å². The normalized spacial score (nSPS) is 11.6. The molecule has 0 spiro atoms. The second kappa shape index (κ2) is 7.79. The van der Waals surface area contributed by atoms with Gasteiger partial charge in [-0.2, -0.15) is 0 Å². The van der Waals surface area contributed by atoms with Gasteiger partial charge in [0.05, 0.1) is 11.9 Å². The molecule has 7 heteroatoms. The Morgan fingerprint density at radius 2 is 1.65 bits per heavy atom. The molecular weight excluding hydrogens is 314 g/mol. The molecular formula is C16H27N3O3S. The first kappa shape index (κ1) is 19.4. The van der Waals surface area contributed by atoms with Crippen LogP contribution in [0.3, 0.4) is 0 Å². The van der Waals surface area contributed by atoms with Crippen molar-refractivity contribution in [2.24, 2.45) is 0 Å². The van der Waals surface area contributed by atoms with Crippen molar-refractivity contribution in [1.82, 2.24) is 10.2 Å². The van der Waals surface area contributed by atoms with Crippen LogP contribution in [0.2, 0.25) is 0 Å². The van der Waals surface area contributed by atoms with E-state index >= 15 is 0 Å². The summed E-state index contributed by atoms with van der Waals surface area (Å²) >= 11 is 0. The molecule has 0 heterocycles. The highest BCUT2D eigenvalue weighted by atomic mass is 32.2. The molecule has 0 aromatic heterocycles. The number of carbonyl (C=O) groups is 1. The standard InChI is InChI=1S/C16H27N3O3S/c1-12-9-13(2)16(14(3)10-12)19(23(6,21)22)11-15(20)17-7-8-18(4)5/h9-10H,7-8,11H2,1-6H3,(H,17,20). The zero-order valence-corrected chi connectivity index (χ0v) is 15.6. The van der Waals surface area contributed by atoms with Crippen LogP contribution in [0.15, 0.2) is 12.1 Å². The van der Waals surface area contributed by atoms with Crippen LogP contribution in [0.5, 0.6) is 0 Å². The Labute approximate surface area is 139 Å². The van der Waals surface area contributed by atoms with E-state index in [1.165, 1.54) is 4.31 Å². The third-order valence-electron chi connectivity index (χ3n) is 3.45. The van der Waals surface area contributed by atoms with Crippen molar-refractivity contribution in [2.75, 3.05) is 44.3 Å². The Morgan fingerprint density at radius 1 is 1.13 bits per heavy atom. The number of amides is 1. The van der Waals surface area contributed by atoms with E-state index in [2.05, 4.69) is 5.32 Å². The molecule has 1 aromatic carbocycles. The first-order valence-corrected chi connectivity index (χ1v) is 9.34. The molecule has 23 heavy (non-hydrogen) atoms. The summed E-state index contributed by atoms with van der Waals surface area (Å²) in [5.41, 5.74) is 3.33. The van der Waals surface area contributed by atoms with E-state index < -0.39 is 10.0 Å². The SMILES string of the molecule is Cc1cc(C)c(N(CC(=O)NCCN(C)C)S(C)(=O)=O)c(C)c1. The van der Waals surface area contributed by atoms with Crippen molar-refractivity contribution in [3.05, 3.63) is 28.8 Å². The van der Waals surface area contributed by atoms with E-state index in [0.29, 0.717) is 18.8 Å². The van der Waals surface area contributed by atoms with Crippen LogP contribution >= 0.6 is 0 Å². The maximum atomic E-state index is 12.2. The lowest BCUT2D eigenvalue weighted by Crippen LogP contribution is -2.42. The van der Waals surface area contributed by atoms with Gasteiger partial charge in [-0.25, -0.2) is 8.42 Å². The Bertz CT molecular complexity index is 646. The number of hydrogen-bond donors (Lipinski definition) is 1. The second-order valence-corrected chi connectivity index (χ2v) is 8.08. The van der Waals surface area contributed by atoms with Crippen molar-refractivity contribution in [1.29, 1.82) is 0 Å². The predicted molar refractivity (Wildman–Crippen MR) is 94.4 cm³/mol. The van der Waals surface area contributed by atoms with Gasteiger partial charge in [-0.15, -0.1) is 0 Å². The number of nitrogens with zero attached hydrogens (tertiary/aromatic N) is 2. The molecule has 6 nitrogen and oxygen atoms in total. The summed E-state index contributed by atoms with van der Waals surface area (Å²) in [7, 11) is 0.271. The molecule has 0 unspecified atom stereocenters. The molecule has 0 bridgehead atoms. The predicted octanol–water partition coefficient (Wildman–Crippen LogP) is 1.06. The van der Waals surface area contributed by atoms with E-state index in [1.807, 2.05) is 51.9 Å². The van der Waals surface area contributed by atoms with Crippen molar-refractivity contribution >= 4 is 21.6 Å². The topological polar surface area (TPSA) is 69.7 Å². The van der Waals surface area contributed by atoms with Gasteiger partial charge in [0.25, 0.3) is 0 Å². The Morgan fingerprint density at radius 3 is 2.09 bits per heavy atom. The van der Waals surface area contributed by atoms with Gasteiger partial charge in [0.2, 0.25) is 15.9 Å². The first-order chi connectivity index (χ1) is 10.5. The number of anilines is 1. The van der Waals surface area contributed by atoms with Crippen LogP contribution in [0.25, 0.3) is 0 Å². The third-order valence-corrected chi connectivity index (χ3v) is 4.57. The summed E-state index contributed by atoms with van der Waals surface area (Å²) in [6, 6.07) is 3.84. The van der Waals surface area contributed by atoms with Gasteiger partial charge in [0.15, 0.2) is 0 Å². The fourth-order valence-electron chi connectivity index (χ4n) is 2.53. The number of carbonyl (C=O) groups excluding carboxylic acids is 1. The van der Waals surface area contributed by atoms with Crippen molar-refractivity contribution in [3.8, 4) is 0 Å². The maximum Gasteiger partial charge on any atom is 0.240 e. The van der Waals surface area contributed by atoms with Crippen LogP contribution in [0.1, 0.15) is 16.7 Å². The highest BCUT2D eigenvalue weighted by Crippen LogP contribution is 2.28. The molecule has 1 rings (SSSR count). The van der Waals surface area contributed by atoms with Crippen LogP contribution < -0.4 is 9.62 Å². The lowest BCUT2D eigenvalue weighted by molar-refractivity contribution is -0.119. The average molecular weight is 341 g/mol. The highest BCUT2D eigenvalue weighted by Gasteiger charge is 2.24. The molecule has 130 valence electrons. The summed E-state index contributed by atoms with van der Waals surface area (Å²) in [5, 5.41) is 2.75. The molecule has 1 amide bonds. The minimum absolute atomic E-state index is 0.211. The third kappa shape index (κ3) is 5.84. The number of likely N-dealkylation sites (N-methyl/N-ethyl adjacent to an activating group) is 1. The summed E-state index contributed by atoms with van der Waals surface area (Å²) in [6.45, 7) is 6.65. The van der Waals surface area contributed by atoms with Gasteiger partial charge in [-0.1, -0.05) is 17.7 Å². The Balaban J connectivity index is 3.02. The Kier molecular flexibility index (Phi) is 6.58. The number of benzene rings is 1. The minimum Gasteiger partial charge on any atom is -0.353 e. The second-order valence-electron chi connectivity index (χ2n) is 6.17. The van der Waals surface area contributed by atoms with Crippen molar-refractivity contribution in [3.63, 3.8) is 0 Å². The molecule has 0 atom stereocenters. The monoisotopic (exact) mass is 341 g/mol. The van der Waals surface area contributed by atoms with Gasteiger partial charge in [-0.3, -0.25) is 9.10 Å². The zero-order chi connectivity index (χ0) is 17.8. The van der Waals surface area contributed by atoms with Gasteiger partial charge < -0.3 is 10.2 Å². The summed E-state index contributed by atoms with van der Waals surface area (Å²) < 4.78 is 25.5. The molecule has 0 radical (unpaired) electrons. The van der Waals surface area contributed by atoms with E-state index in [9.17, 15) is 13.2 Å². The number of nitrogens with one attached hydrogen (secondary N) is 1. The Hall–Kier alpha value is -1.60. The number of sulfonamides is 1. The highest BCUT2D eigenvalue weighted by molar-refractivity contribution is 7.92. The van der Waals surface area contributed by atoms with Crippen LogP contribution in [-0.4, -0.2) is 59.2 Å². The molecule has 1 aromatic rings. The fourth-order valence-corrected chi connectivity index (χ4v) is 3.50. The summed E-state index contributed by atoms with van der Waals surface area (Å²) in [4.78, 5) is 14.1. The quantitative estimate of drug-likeness (QED) is 0.805. The van der Waals surface area contributed by atoms with E-state index in [1.54, 1.807) is 0 Å². The summed E-state index contributed by atoms with van der Waals surface area (Å²) in [5.74, 6) is -0.309. The van der Waals surface area contributed by atoms with Crippen molar-refractivity contribution < 1.29 is 13.2 Å². The number of aryl methyl sites for hydroxylation is 3. The van der Waals surface area contributed by atoms with Gasteiger partial charge in [-0.05, 0) is 46.0 Å². The first-order valence-electron chi connectivity index (χ1n) is 7.49. The van der Waals surface area contributed by atoms with Gasteiger partial charge in [0, 0.05) is 13.1 Å². The van der Waals surface area contributed by atoms with E-state index in [0.717, 1.165) is 22.9 Å². The molecule has 0 saturated heterocycles. The molecule has 0 aliphatic heterocycles. The van der Waals surface area contributed by atoms with Gasteiger partial charge >= 0.3 is 0 Å². The van der Waals surface area contributed by atoms with Gasteiger partial charge in [0.1, 0.15) is 6.54 Å². The molecule has 0 aliphatic rings. The lowest BCUT2D eigenvalue weighted by Gasteiger charge is -2.26. The average Bonchev–Trinajstić information content (AvgIpc) is 2.34. The van der Waals surface area contributed by atoms with E-state index in [-0.39, 0.29) is 12.5 Å². The maximum absolute atomic E-state index is 12.2. The molecule has 0 aliphatic carbocycles. The zero-order valence-electron chi connectivity index (χ0n) is 14.8. The molecule has 0 saturated carbocycles.